The van der Waals surface area contributed by atoms with Crippen molar-refractivity contribution in [2.45, 2.75) is 20.1 Å². The van der Waals surface area contributed by atoms with Crippen LogP contribution in [-0.4, -0.2) is 40.3 Å². The van der Waals surface area contributed by atoms with Crippen LogP contribution in [0.5, 0.6) is 11.5 Å². The van der Waals surface area contributed by atoms with E-state index in [9.17, 15) is 0 Å². The number of ether oxygens (including phenoxy) is 5. The fourth-order valence-electron chi connectivity index (χ4n) is 2.26. The normalized spacial score (nSPS) is 16.2. The zero-order valence-electron chi connectivity index (χ0n) is 13.6. The van der Waals surface area contributed by atoms with E-state index in [1.807, 2.05) is 24.3 Å². The third-order valence-corrected chi connectivity index (χ3v) is 3.46. The maximum atomic E-state index is 6.04. The van der Waals surface area contributed by atoms with Crippen molar-refractivity contribution >= 4 is 6.08 Å². The molecule has 0 aromatic heterocycles. The minimum Gasteiger partial charge on any atom is -0.504 e. The molecule has 1 aromatic rings. The first-order valence-electron chi connectivity index (χ1n) is 7.31. The second-order valence-electron chi connectivity index (χ2n) is 5.77. The zero-order chi connectivity index (χ0) is 16.0. The van der Waals surface area contributed by atoms with E-state index in [1.165, 1.54) is 0 Å². The number of rotatable bonds is 7. The van der Waals surface area contributed by atoms with Crippen LogP contribution in [0.25, 0.3) is 6.08 Å². The van der Waals surface area contributed by atoms with Crippen molar-refractivity contribution in [3.05, 3.63) is 30.0 Å². The van der Waals surface area contributed by atoms with Gasteiger partial charge in [-0.25, -0.2) is 0 Å². The summed E-state index contributed by atoms with van der Waals surface area (Å²) in [6.07, 6.45) is 3.20. The van der Waals surface area contributed by atoms with Crippen LogP contribution in [0.15, 0.2) is 24.5 Å². The molecule has 0 saturated carbocycles. The Labute approximate surface area is 131 Å². The first-order valence-corrected chi connectivity index (χ1v) is 7.31. The lowest BCUT2D eigenvalue weighted by molar-refractivity contribution is -0.131. The van der Waals surface area contributed by atoms with Gasteiger partial charge in [0.1, 0.15) is 0 Å². The highest BCUT2D eigenvalue weighted by Crippen LogP contribution is 2.35. The van der Waals surface area contributed by atoms with Crippen LogP contribution < -0.4 is 9.47 Å². The molecule has 1 heterocycles. The molecule has 1 aromatic carbocycles. The van der Waals surface area contributed by atoms with Gasteiger partial charge in [0.25, 0.3) is 0 Å². The Kier molecular flexibility index (Phi) is 5.69. The van der Waals surface area contributed by atoms with Crippen LogP contribution in [0, 0.1) is 5.41 Å². The van der Waals surface area contributed by atoms with Crippen LogP contribution in [0.3, 0.4) is 0 Å². The van der Waals surface area contributed by atoms with Crippen LogP contribution in [0.2, 0.25) is 0 Å². The Bertz CT molecular complexity index is 504. The van der Waals surface area contributed by atoms with Gasteiger partial charge in [0, 0.05) is 11.0 Å². The van der Waals surface area contributed by atoms with Gasteiger partial charge < -0.3 is 23.7 Å². The molecule has 1 saturated heterocycles. The molecule has 0 spiro atoms. The van der Waals surface area contributed by atoms with Gasteiger partial charge in [-0.05, 0) is 12.1 Å². The summed E-state index contributed by atoms with van der Waals surface area (Å²) in [5, 5.41) is 0. The molecule has 122 valence electrons. The summed E-state index contributed by atoms with van der Waals surface area (Å²) in [7, 11) is 3.23. The predicted molar refractivity (Wildman–Crippen MR) is 84.0 cm³/mol. The molecule has 0 atom stereocenters. The van der Waals surface area contributed by atoms with Gasteiger partial charge in [-0.1, -0.05) is 26.0 Å². The molecular weight excluding hydrogens is 284 g/mol. The summed E-state index contributed by atoms with van der Waals surface area (Å²) in [5.41, 5.74) is 0.629. The highest BCUT2D eigenvalue weighted by molar-refractivity contribution is 5.61. The molecule has 0 aliphatic carbocycles. The first-order chi connectivity index (χ1) is 10.6. The molecule has 0 amide bonds. The molecule has 0 unspecified atom stereocenters. The first kappa shape index (κ1) is 16.6. The molecule has 1 aliphatic heterocycles. The van der Waals surface area contributed by atoms with Crippen LogP contribution in [0.4, 0.5) is 0 Å². The molecule has 1 aliphatic rings. The summed E-state index contributed by atoms with van der Waals surface area (Å²) in [5.74, 6) is 1.37. The molecule has 5 heteroatoms. The van der Waals surface area contributed by atoms with Gasteiger partial charge in [-0.3, -0.25) is 0 Å². The maximum absolute atomic E-state index is 6.04. The SMILES string of the molecule is CO/C=C\c1cccc(OC)c1OCC(C)(C)C1OCCO1. The second-order valence-corrected chi connectivity index (χ2v) is 5.77. The topological polar surface area (TPSA) is 46.2 Å². The van der Waals surface area contributed by atoms with Gasteiger partial charge in [-0.15, -0.1) is 0 Å². The van der Waals surface area contributed by atoms with Crippen molar-refractivity contribution in [2.75, 3.05) is 34.0 Å². The minimum absolute atomic E-state index is 0.250. The van der Waals surface area contributed by atoms with E-state index in [2.05, 4.69) is 13.8 Å². The van der Waals surface area contributed by atoms with E-state index in [0.29, 0.717) is 31.3 Å². The van der Waals surface area contributed by atoms with Gasteiger partial charge >= 0.3 is 0 Å². The lowest BCUT2D eigenvalue weighted by atomic mass is 9.94. The highest BCUT2D eigenvalue weighted by atomic mass is 16.7. The third kappa shape index (κ3) is 3.93. The van der Waals surface area contributed by atoms with Crippen molar-refractivity contribution in [2.24, 2.45) is 5.41 Å². The number of hydrogen-bond acceptors (Lipinski definition) is 5. The van der Waals surface area contributed by atoms with Crippen molar-refractivity contribution in [3.8, 4) is 11.5 Å². The van der Waals surface area contributed by atoms with E-state index in [0.717, 1.165) is 5.56 Å². The molecule has 0 N–H and O–H groups in total. The quantitative estimate of drug-likeness (QED) is 0.724. The molecule has 5 nitrogen and oxygen atoms in total. The van der Waals surface area contributed by atoms with Gasteiger partial charge in [0.05, 0.1) is 40.3 Å². The van der Waals surface area contributed by atoms with Gasteiger partial charge in [-0.2, -0.15) is 0 Å². The van der Waals surface area contributed by atoms with Crippen LogP contribution in [-0.2, 0) is 14.2 Å². The van der Waals surface area contributed by atoms with E-state index >= 15 is 0 Å². The Morgan fingerprint density at radius 3 is 2.59 bits per heavy atom. The second kappa shape index (κ2) is 7.51. The van der Waals surface area contributed by atoms with Gasteiger partial charge in [0.15, 0.2) is 17.8 Å². The summed E-state index contributed by atoms with van der Waals surface area (Å²) < 4.78 is 27.6. The van der Waals surface area contributed by atoms with Crippen molar-refractivity contribution in [1.82, 2.24) is 0 Å². The van der Waals surface area contributed by atoms with Crippen molar-refractivity contribution in [3.63, 3.8) is 0 Å². The van der Waals surface area contributed by atoms with E-state index in [4.69, 9.17) is 23.7 Å². The molecule has 2 rings (SSSR count). The van der Waals surface area contributed by atoms with Crippen molar-refractivity contribution in [1.29, 1.82) is 0 Å². The molecule has 1 fully saturated rings. The van der Waals surface area contributed by atoms with E-state index in [-0.39, 0.29) is 11.7 Å². The van der Waals surface area contributed by atoms with Crippen LogP contribution in [0.1, 0.15) is 19.4 Å². The van der Waals surface area contributed by atoms with Crippen molar-refractivity contribution < 1.29 is 23.7 Å². The number of para-hydroxylation sites is 1. The molecule has 0 radical (unpaired) electrons. The molecule has 0 bridgehead atoms. The van der Waals surface area contributed by atoms with Crippen LogP contribution >= 0.6 is 0 Å². The Balaban J connectivity index is 2.15. The average Bonchev–Trinajstić information content (AvgIpc) is 3.06. The Hall–Kier alpha value is -1.72. The third-order valence-electron chi connectivity index (χ3n) is 3.46. The summed E-state index contributed by atoms with van der Waals surface area (Å²) in [6, 6.07) is 5.73. The summed E-state index contributed by atoms with van der Waals surface area (Å²) in [4.78, 5) is 0. The summed E-state index contributed by atoms with van der Waals surface area (Å²) in [6.45, 7) is 5.83. The Morgan fingerprint density at radius 1 is 1.23 bits per heavy atom. The van der Waals surface area contributed by atoms with E-state index < -0.39 is 0 Å². The minimum atomic E-state index is -0.264. The van der Waals surface area contributed by atoms with Gasteiger partial charge in [0.2, 0.25) is 0 Å². The number of methoxy groups -OCH3 is 2. The number of benzene rings is 1. The smallest absolute Gasteiger partial charge is 0.168 e. The monoisotopic (exact) mass is 308 g/mol. The average molecular weight is 308 g/mol. The standard InChI is InChI=1S/C17H24O5/c1-17(2,16-20-10-11-21-16)12-22-15-13(8-9-18-3)6-5-7-14(15)19-4/h5-9,16H,10-12H2,1-4H3/b9-8-. The number of hydrogen-bond donors (Lipinski definition) is 0. The lowest BCUT2D eigenvalue weighted by Gasteiger charge is -2.30. The van der Waals surface area contributed by atoms with E-state index in [1.54, 1.807) is 20.5 Å². The molecular formula is C17H24O5. The highest BCUT2D eigenvalue weighted by Gasteiger charge is 2.35. The Morgan fingerprint density at radius 2 is 1.95 bits per heavy atom. The fourth-order valence-corrected chi connectivity index (χ4v) is 2.26. The molecule has 22 heavy (non-hydrogen) atoms. The maximum Gasteiger partial charge on any atom is 0.168 e. The summed E-state index contributed by atoms with van der Waals surface area (Å²) >= 11 is 0. The fraction of sp³-hybridized carbons (Fsp3) is 0.529. The largest absolute Gasteiger partial charge is 0.504 e. The zero-order valence-corrected chi connectivity index (χ0v) is 13.6. The predicted octanol–water partition coefficient (Wildman–Crippen LogP) is 3.09. The lowest BCUT2D eigenvalue weighted by Crippen LogP contribution is -2.36.